The van der Waals surface area contributed by atoms with E-state index in [4.69, 9.17) is 9.97 Å². The number of thioether (sulfide) groups is 1. The summed E-state index contributed by atoms with van der Waals surface area (Å²) in [7, 11) is 0. The van der Waals surface area contributed by atoms with Gasteiger partial charge in [-0.25, -0.2) is 14.6 Å². The molecule has 2 aromatic carbocycles. The number of hydrogen-bond donors (Lipinski definition) is 2. The molecule has 0 aliphatic rings. The molecule has 0 aliphatic heterocycles. The highest BCUT2D eigenvalue weighted by molar-refractivity contribution is 7.99. The molecule has 2 N–H and O–H groups in total. The van der Waals surface area contributed by atoms with Gasteiger partial charge < -0.3 is 10.6 Å². The van der Waals surface area contributed by atoms with E-state index in [9.17, 15) is 4.79 Å². The maximum Gasteiger partial charge on any atom is 0.232 e. The molecule has 8 heteroatoms. The van der Waals surface area contributed by atoms with E-state index >= 15 is 0 Å². The number of carbonyl (C=O) groups is 1. The van der Waals surface area contributed by atoms with E-state index < -0.39 is 0 Å². The number of hydrogen-bond acceptors (Lipinski definition) is 6. The summed E-state index contributed by atoms with van der Waals surface area (Å²) < 4.78 is 1.84. The van der Waals surface area contributed by atoms with Crippen LogP contribution in [0.5, 0.6) is 0 Å². The lowest BCUT2D eigenvalue weighted by atomic mass is 9.90. The van der Waals surface area contributed by atoms with Crippen LogP contribution in [0.2, 0.25) is 0 Å². The first-order valence-electron chi connectivity index (χ1n) is 12.0. The molecule has 35 heavy (non-hydrogen) atoms. The lowest BCUT2D eigenvalue weighted by Gasteiger charge is -2.18. The number of nitrogens with zero attached hydrogens (tertiary/aromatic N) is 4. The fourth-order valence-corrected chi connectivity index (χ4v) is 4.47. The van der Waals surface area contributed by atoms with Gasteiger partial charge in [-0.3, -0.25) is 4.79 Å². The summed E-state index contributed by atoms with van der Waals surface area (Å²) in [6, 6.07) is 19.8. The largest absolute Gasteiger partial charge is 0.369 e. The van der Waals surface area contributed by atoms with Gasteiger partial charge in [0.25, 0.3) is 0 Å². The molecule has 0 unspecified atom stereocenters. The second kappa shape index (κ2) is 11.8. The van der Waals surface area contributed by atoms with Crippen molar-refractivity contribution in [2.75, 3.05) is 24.2 Å². The molecule has 0 bridgehead atoms. The minimum absolute atomic E-state index is 0.0324. The average molecular weight is 489 g/mol. The molecule has 1 amide bonds. The molecule has 0 fully saturated rings. The van der Waals surface area contributed by atoms with Gasteiger partial charge in [0.15, 0.2) is 10.8 Å². The van der Waals surface area contributed by atoms with Crippen LogP contribution in [0.3, 0.4) is 0 Å². The van der Waals surface area contributed by atoms with E-state index in [1.807, 2.05) is 65.3 Å². The van der Waals surface area contributed by atoms with Crippen LogP contribution in [0.1, 0.15) is 37.8 Å². The Hall–Kier alpha value is -3.39. The maximum atomic E-state index is 13.3. The highest BCUT2D eigenvalue weighted by Crippen LogP contribution is 2.26. The molecule has 0 aliphatic carbocycles. The predicted octanol–water partition coefficient (Wildman–Crippen LogP) is 4.95. The molecule has 7 nitrogen and oxygen atoms in total. The summed E-state index contributed by atoms with van der Waals surface area (Å²) >= 11 is 1.61. The Bertz CT molecular complexity index is 1200. The summed E-state index contributed by atoms with van der Waals surface area (Å²) in [5, 5.41) is 12.7. The normalized spacial score (nSPS) is 11.3. The summed E-state index contributed by atoms with van der Waals surface area (Å²) in [5.41, 5.74) is 2.71. The number of carbonyl (C=O) groups excluding carboxylic acids is 1. The molecule has 2 aromatic heterocycles. The quantitative estimate of drug-likeness (QED) is 0.229. The van der Waals surface area contributed by atoms with Crippen LogP contribution in [0.4, 0.5) is 5.82 Å². The van der Waals surface area contributed by atoms with Crippen molar-refractivity contribution < 1.29 is 4.79 Å². The zero-order valence-electron chi connectivity index (χ0n) is 20.4. The van der Waals surface area contributed by atoms with Crippen molar-refractivity contribution in [3.63, 3.8) is 0 Å². The van der Waals surface area contributed by atoms with Crippen LogP contribution in [0.25, 0.3) is 11.0 Å². The molecule has 0 atom stereocenters. The third kappa shape index (κ3) is 6.19. The highest BCUT2D eigenvalue weighted by atomic mass is 32.2. The van der Waals surface area contributed by atoms with Gasteiger partial charge >= 0.3 is 0 Å². The average Bonchev–Trinajstić information content (AvgIpc) is 3.27. The van der Waals surface area contributed by atoms with Crippen molar-refractivity contribution in [3.8, 4) is 0 Å². The third-order valence-electron chi connectivity index (χ3n) is 5.58. The van der Waals surface area contributed by atoms with Gasteiger partial charge in [-0.1, -0.05) is 93.2 Å². The number of nitrogens with one attached hydrogen (secondary N) is 2. The molecule has 0 spiro atoms. The van der Waals surface area contributed by atoms with Crippen molar-refractivity contribution in [2.24, 2.45) is 5.92 Å². The van der Waals surface area contributed by atoms with E-state index in [0.29, 0.717) is 19.0 Å². The Labute approximate surface area is 210 Å². The molecule has 4 aromatic rings. The van der Waals surface area contributed by atoms with Crippen molar-refractivity contribution >= 4 is 34.5 Å². The van der Waals surface area contributed by atoms with Crippen LogP contribution in [0, 0.1) is 5.92 Å². The molecule has 2 heterocycles. The fourth-order valence-electron chi connectivity index (χ4n) is 3.90. The lowest BCUT2D eigenvalue weighted by Crippen LogP contribution is -2.32. The summed E-state index contributed by atoms with van der Waals surface area (Å²) in [6.07, 6.45) is 1.80. The Morgan fingerprint density at radius 1 is 1.00 bits per heavy atom. The number of amides is 1. The molecular weight excluding hydrogens is 456 g/mol. The lowest BCUT2D eigenvalue weighted by molar-refractivity contribution is -0.121. The first-order valence-corrected chi connectivity index (χ1v) is 13.0. The van der Waals surface area contributed by atoms with Gasteiger partial charge in [0.2, 0.25) is 5.91 Å². The summed E-state index contributed by atoms with van der Waals surface area (Å²) in [4.78, 5) is 22.7. The first-order chi connectivity index (χ1) is 17.1. The zero-order valence-corrected chi connectivity index (χ0v) is 21.3. The number of rotatable bonds is 11. The SMILES string of the molecule is CCSc1nc(NCC(C)C)c2cnn(CCNC(=O)C(c3ccccc3)c3ccccc3)c2n1. The number of fused-ring (bicyclic) bond motifs is 1. The monoisotopic (exact) mass is 488 g/mol. The molecular formula is C27H32N6OS. The minimum Gasteiger partial charge on any atom is -0.369 e. The Balaban J connectivity index is 1.51. The van der Waals surface area contributed by atoms with Crippen molar-refractivity contribution in [1.29, 1.82) is 0 Å². The van der Waals surface area contributed by atoms with Gasteiger partial charge in [-0.05, 0) is 22.8 Å². The smallest absolute Gasteiger partial charge is 0.232 e. The van der Waals surface area contributed by atoms with Crippen LogP contribution >= 0.6 is 11.8 Å². The Morgan fingerprint density at radius 3 is 2.26 bits per heavy atom. The second-order valence-electron chi connectivity index (χ2n) is 8.71. The molecule has 4 rings (SSSR count). The number of anilines is 1. The summed E-state index contributed by atoms with van der Waals surface area (Å²) in [6.45, 7) is 8.20. The predicted molar refractivity (Wildman–Crippen MR) is 143 cm³/mol. The fraction of sp³-hybridized carbons (Fsp3) is 0.333. The van der Waals surface area contributed by atoms with Gasteiger partial charge in [-0.2, -0.15) is 5.10 Å². The molecule has 0 saturated heterocycles. The van der Waals surface area contributed by atoms with Crippen molar-refractivity contribution in [1.82, 2.24) is 25.1 Å². The van der Waals surface area contributed by atoms with Gasteiger partial charge in [0.1, 0.15) is 5.82 Å². The number of aromatic nitrogens is 4. The Kier molecular flexibility index (Phi) is 8.36. The van der Waals surface area contributed by atoms with Crippen molar-refractivity contribution in [3.05, 3.63) is 78.0 Å². The Morgan fingerprint density at radius 2 is 1.66 bits per heavy atom. The van der Waals surface area contributed by atoms with Gasteiger partial charge in [0, 0.05) is 13.1 Å². The molecule has 0 saturated carbocycles. The standard InChI is InChI=1S/C27H32N6OS/c1-4-35-27-31-24(29-17-19(2)3)22-18-30-33(25(22)32-27)16-15-28-26(34)23(20-11-7-5-8-12-20)21-13-9-6-10-14-21/h5-14,18-19,23H,4,15-17H2,1-3H3,(H,28,34)(H,29,31,32). The van der Waals surface area contributed by atoms with Gasteiger partial charge in [0.05, 0.1) is 24.0 Å². The van der Waals surface area contributed by atoms with Crippen molar-refractivity contribution in [2.45, 2.75) is 38.4 Å². The molecule has 182 valence electrons. The maximum absolute atomic E-state index is 13.3. The van der Waals surface area contributed by atoms with E-state index in [1.54, 1.807) is 18.0 Å². The summed E-state index contributed by atoms with van der Waals surface area (Å²) in [5.74, 6) is 1.79. The first kappa shape index (κ1) is 24.7. The van der Waals surface area contributed by atoms with E-state index in [2.05, 4.69) is 36.5 Å². The highest BCUT2D eigenvalue weighted by Gasteiger charge is 2.22. The van der Waals surface area contributed by atoms with E-state index in [1.165, 1.54) is 0 Å². The number of benzene rings is 2. The van der Waals surface area contributed by atoms with E-state index in [-0.39, 0.29) is 11.8 Å². The topological polar surface area (TPSA) is 84.7 Å². The van der Waals surface area contributed by atoms with Crippen LogP contribution in [0.15, 0.2) is 72.0 Å². The van der Waals surface area contributed by atoms with Gasteiger partial charge in [-0.15, -0.1) is 0 Å². The third-order valence-corrected chi connectivity index (χ3v) is 6.31. The molecule has 0 radical (unpaired) electrons. The zero-order chi connectivity index (χ0) is 24.6. The van der Waals surface area contributed by atoms with Crippen LogP contribution in [-0.2, 0) is 11.3 Å². The van der Waals surface area contributed by atoms with Crippen LogP contribution < -0.4 is 10.6 Å². The van der Waals surface area contributed by atoms with Crippen LogP contribution in [-0.4, -0.2) is 44.5 Å². The van der Waals surface area contributed by atoms with E-state index in [0.717, 1.165) is 45.4 Å². The minimum atomic E-state index is -0.367. The second-order valence-corrected chi connectivity index (χ2v) is 9.94.